The van der Waals surface area contributed by atoms with Gasteiger partial charge in [-0.25, -0.2) is 0 Å². The molecule has 2 fully saturated rings. The third-order valence-corrected chi connectivity index (χ3v) is 5.23. The minimum absolute atomic E-state index is 0.0588. The molecule has 1 aromatic carbocycles. The highest BCUT2D eigenvalue weighted by Crippen LogP contribution is 2.52. The number of methoxy groups -OCH3 is 1. The van der Waals surface area contributed by atoms with Crippen LogP contribution in [0.15, 0.2) is 36.4 Å². The van der Waals surface area contributed by atoms with Gasteiger partial charge >= 0.3 is 5.97 Å². The molecule has 4 rings (SSSR count). The van der Waals surface area contributed by atoms with Crippen molar-refractivity contribution in [3.63, 3.8) is 0 Å². The normalized spacial score (nSPS) is 34.1. The van der Waals surface area contributed by atoms with Crippen LogP contribution in [-0.4, -0.2) is 37.2 Å². The number of rotatable bonds is 3. The van der Waals surface area contributed by atoms with Crippen LogP contribution in [0, 0.1) is 11.8 Å². The van der Waals surface area contributed by atoms with Crippen LogP contribution in [-0.2, 0) is 25.5 Å². The fourth-order valence-electron chi connectivity index (χ4n) is 4.03. The Bertz CT molecular complexity index is 695. The molecule has 23 heavy (non-hydrogen) atoms. The molecule has 0 aromatic heterocycles. The van der Waals surface area contributed by atoms with Crippen LogP contribution in [0.25, 0.3) is 0 Å². The van der Waals surface area contributed by atoms with Gasteiger partial charge < -0.3 is 14.4 Å². The van der Waals surface area contributed by atoms with Crippen LogP contribution >= 0.6 is 0 Å². The second-order valence-corrected chi connectivity index (χ2v) is 6.37. The second-order valence-electron chi connectivity index (χ2n) is 6.37. The summed E-state index contributed by atoms with van der Waals surface area (Å²) in [6.07, 6.45) is 4.44. The van der Waals surface area contributed by atoms with Gasteiger partial charge in [0.15, 0.2) is 0 Å². The number of esters is 1. The molecule has 0 aliphatic carbocycles. The summed E-state index contributed by atoms with van der Waals surface area (Å²) in [5.41, 5.74) is 1.38. The maximum absolute atomic E-state index is 13.0. The van der Waals surface area contributed by atoms with Crippen LogP contribution in [0.3, 0.4) is 0 Å². The highest BCUT2D eigenvalue weighted by atomic mass is 16.5. The summed E-state index contributed by atoms with van der Waals surface area (Å²) in [5, 5.41) is 0. The van der Waals surface area contributed by atoms with Crippen molar-refractivity contribution in [3.05, 3.63) is 42.0 Å². The zero-order valence-electron chi connectivity index (χ0n) is 13.2. The first-order valence-corrected chi connectivity index (χ1v) is 7.95. The summed E-state index contributed by atoms with van der Waals surface area (Å²) in [6, 6.07) is 7.97. The van der Waals surface area contributed by atoms with Crippen molar-refractivity contribution in [2.75, 3.05) is 18.6 Å². The number of amides is 1. The van der Waals surface area contributed by atoms with Gasteiger partial charge in [-0.3, -0.25) is 9.59 Å². The first-order chi connectivity index (χ1) is 11.1. The number of fused-ring (bicyclic) bond motifs is 1. The molecule has 2 unspecified atom stereocenters. The van der Waals surface area contributed by atoms with E-state index in [9.17, 15) is 9.59 Å². The Hall–Kier alpha value is -2.14. The summed E-state index contributed by atoms with van der Waals surface area (Å²) in [4.78, 5) is 26.8. The van der Waals surface area contributed by atoms with E-state index >= 15 is 0 Å². The van der Waals surface area contributed by atoms with Gasteiger partial charge in [0.1, 0.15) is 11.5 Å². The third kappa shape index (κ3) is 1.89. The molecule has 2 saturated heterocycles. The van der Waals surface area contributed by atoms with E-state index < -0.39 is 17.4 Å². The standard InChI is InChI=1S/C18H19NO4/c1-3-11-4-6-12(7-5-11)19-10-18-9-8-13(23-18)14(17(21)22-2)15(18)16(19)20/h4-9,13-15H,3,10H2,1-2H3/t13-,14?,15-,18?/m1/s1. The van der Waals surface area contributed by atoms with Gasteiger partial charge in [-0.2, -0.15) is 0 Å². The van der Waals surface area contributed by atoms with E-state index in [-0.39, 0.29) is 18.0 Å². The topological polar surface area (TPSA) is 55.8 Å². The smallest absolute Gasteiger partial charge is 0.312 e. The number of aryl methyl sites for hydroxylation is 1. The number of carbonyl (C=O) groups is 2. The Balaban J connectivity index is 1.68. The van der Waals surface area contributed by atoms with Gasteiger partial charge in [0.05, 0.1) is 25.7 Å². The monoisotopic (exact) mass is 313 g/mol. The number of benzene rings is 1. The van der Waals surface area contributed by atoms with Gasteiger partial charge in [-0.05, 0) is 24.1 Å². The van der Waals surface area contributed by atoms with E-state index in [0.29, 0.717) is 6.54 Å². The van der Waals surface area contributed by atoms with Gasteiger partial charge in [-0.15, -0.1) is 0 Å². The predicted octanol–water partition coefficient (Wildman–Crippen LogP) is 1.71. The Labute approximate surface area is 134 Å². The van der Waals surface area contributed by atoms with E-state index in [2.05, 4.69) is 6.92 Å². The molecular weight excluding hydrogens is 294 g/mol. The molecule has 5 heteroatoms. The maximum Gasteiger partial charge on any atom is 0.312 e. The highest BCUT2D eigenvalue weighted by molar-refractivity contribution is 6.02. The summed E-state index contributed by atoms with van der Waals surface area (Å²) >= 11 is 0. The minimum atomic E-state index is -0.690. The first-order valence-electron chi connectivity index (χ1n) is 7.95. The van der Waals surface area contributed by atoms with Crippen molar-refractivity contribution < 1.29 is 19.1 Å². The quantitative estimate of drug-likeness (QED) is 0.630. The summed E-state index contributed by atoms with van der Waals surface area (Å²) in [7, 11) is 1.35. The molecule has 1 aromatic rings. The fourth-order valence-corrected chi connectivity index (χ4v) is 4.03. The van der Waals surface area contributed by atoms with Crippen molar-refractivity contribution >= 4 is 17.6 Å². The van der Waals surface area contributed by atoms with E-state index in [1.54, 1.807) is 4.90 Å². The lowest BCUT2D eigenvalue weighted by Crippen LogP contribution is -2.39. The van der Waals surface area contributed by atoms with E-state index in [1.807, 2.05) is 36.4 Å². The first kappa shape index (κ1) is 14.5. The van der Waals surface area contributed by atoms with Crippen molar-refractivity contribution in [1.82, 2.24) is 0 Å². The zero-order chi connectivity index (χ0) is 16.2. The second kappa shape index (κ2) is 4.93. The van der Waals surface area contributed by atoms with Crippen molar-refractivity contribution in [1.29, 1.82) is 0 Å². The van der Waals surface area contributed by atoms with Crippen molar-refractivity contribution in [2.45, 2.75) is 25.0 Å². The third-order valence-electron chi connectivity index (χ3n) is 5.23. The molecular formula is C18H19NO4. The van der Waals surface area contributed by atoms with E-state index in [0.717, 1.165) is 12.1 Å². The summed E-state index contributed by atoms with van der Waals surface area (Å²) in [6.45, 7) is 2.54. The maximum atomic E-state index is 13.0. The molecule has 0 radical (unpaired) electrons. The number of carbonyl (C=O) groups excluding carboxylic acids is 2. The molecule has 5 nitrogen and oxygen atoms in total. The molecule has 3 heterocycles. The summed E-state index contributed by atoms with van der Waals surface area (Å²) < 4.78 is 10.9. The number of hydrogen-bond donors (Lipinski definition) is 0. The molecule has 2 bridgehead atoms. The lowest BCUT2D eigenvalue weighted by molar-refractivity contribution is -0.149. The van der Waals surface area contributed by atoms with Gasteiger partial charge in [0, 0.05) is 5.69 Å². The minimum Gasteiger partial charge on any atom is -0.469 e. The molecule has 3 aliphatic heterocycles. The Morgan fingerprint density at radius 3 is 2.78 bits per heavy atom. The Morgan fingerprint density at radius 2 is 2.13 bits per heavy atom. The molecule has 3 aliphatic rings. The van der Waals surface area contributed by atoms with Crippen LogP contribution in [0.4, 0.5) is 5.69 Å². The SMILES string of the molecule is CCc1ccc(N2CC34C=C[C@@H](O3)C(C(=O)OC)[C@@H]4C2=O)cc1. The largest absolute Gasteiger partial charge is 0.469 e. The van der Waals surface area contributed by atoms with Crippen molar-refractivity contribution in [2.24, 2.45) is 11.8 Å². The van der Waals surface area contributed by atoms with Crippen LogP contribution in [0.2, 0.25) is 0 Å². The number of ether oxygens (including phenoxy) is 2. The van der Waals surface area contributed by atoms with Crippen LogP contribution in [0.1, 0.15) is 12.5 Å². The van der Waals surface area contributed by atoms with E-state index in [4.69, 9.17) is 9.47 Å². The lowest BCUT2D eigenvalue weighted by atomic mass is 9.77. The molecule has 4 atom stereocenters. The van der Waals surface area contributed by atoms with Crippen LogP contribution < -0.4 is 4.90 Å². The zero-order valence-corrected chi connectivity index (χ0v) is 13.2. The van der Waals surface area contributed by atoms with E-state index in [1.165, 1.54) is 12.7 Å². The predicted molar refractivity (Wildman–Crippen MR) is 83.9 cm³/mol. The highest BCUT2D eigenvalue weighted by Gasteiger charge is 2.67. The average molecular weight is 313 g/mol. The van der Waals surface area contributed by atoms with Gasteiger partial charge in [-0.1, -0.05) is 31.2 Å². The van der Waals surface area contributed by atoms with Gasteiger partial charge in [0.2, 0.25) is 5.91 Å². The molecule has 0 N–H and O–H groups in total. The average Bonchev–Trinajstić information content (AvgIpc) is 3.22. The van der Waals surface area contributed by atoms with Crippen molar-refractivity contribution in [3.8, 4) is 0 Å². The lowest BCUT2D eigenvalue weighted by Gasteiger charge is -2.22. The Morgan fingerprint density at radius 1 is 1.39 bits per heavy atom. The molecule has 1 amide bonds. The number of hydrogen-bond acceptors (Lipinski definition) is 4. The molecule has 120 valence electrons. The summed E-state index contributed by atoms with van der Waals surface area (Å²) in [5.74, 6) is -1.47. The fraction of sp³-hybridized carbons (Fsp3) is 0.444. The molecule has 1 spiro atoms. The van der Waals surface area contributed by atoms with Crippen LogP contribution in [0.5, 0.6) is 0 Å². The van der Waals surface area contributed by atoms with Gasteiger partial charge in [0.25, 0.3) is 0 Å². The molecule has 0 saturated carbocycles. The number of anilines is 1. The number of nitrogens with zero attached hydrogens (tertiary/aromatic N) is 1. The Kier molecular flexibility index (Phi) is 3.10.